The van der Waals surface area contributed by atoms with Gasteiger partial charge in [0.05, 0.1) is 0 Å². The maximum Gasteiger partial charge on any atom is 0.276 e. The molecule has 2 aromatic carbocycles. The molecule has 2 aromatic rings. The third kappa shape index (κ3) is 7.07. The first kappa shape index (κ1) is 24.3. The number of hydrogen-bond donors (Lipinski definition) is 3. The van der Waals surface area contributed by atoms with Gasteiger partial charge in [0.2, 0.25) is 5.91 Å². The van der Waals surface area contributed by atoms with Gasteiger partial charge in [-0.3, -0.25) is 25.2 Å². The van der Waals surface area contributed by atoms with E-state index in [2.05, 4.69) is 30.0 Å². The standard InChI is InChI=1S/C26H33N3O4/c1-17(2)22-14-9-18(3)15-23(22)33-16-24(30)28-29-26(32)20-10-12-21(13-11-20)27-25(31)19-7-5-4-6-8-19/h9-15,17,19H,4-8,16H2,1-3H3,(H,27,31)(H,28,30)(H,29,32). The summed E-state index contributed by atoms with van der Waals surface area (Å²) < 4.78 is 5.68. The molecule has 3 N–H and O–H groups in total. The normalized spacial score (nSPS) is 13.9. The highest BCUT2D eigenvalue weighted by molar-refractivity contribution is 5.97. The lowest BCUT2D eigenvalue weighted by Crippen LogP contribution is -2.43. The maximum absolute atomic E-state index is 12.4. The summed E-state index contributed by atoms with van der Waals surface area (Å²) in [7, 11) is 0. The van der Waals surface area contributed by atoms with Gasteiger partial charge in [-0.1, -0.05) is 45.2 Å². The first-order chi connectivity index (χ1) is 15.8. The Bertz CT molecular complexity index is 980. The molecule has 0 atom stereocenters. The van der Waals surface area contributed by atoms with Crippen LogP contribution in [0, 0.1) is 12.8 Å². The Morgan fingerprint density at radius 2 is 1.67 bits per heavy atom. The summed E-state index contributed by atoms with van der Waals surface area (Å²) in [6.45, 7) is 5.87. The van der Waals surface area contributed by atoms with Gasteiger partial charge in [-0.2, -0.15) is 0 Å². The van der Waals surface area contributed by atoms with Crippen LogP contribution >= 0.6 is 0 Å². The predicted octanol–water partition coefficient (Wildman–Crippen LogP) is 4.48. The summed E-state index contributed by atoms with van der Waals surface area (Å²) >= 11 is 0. The van der Waals surface area contributed by atoms with Crippen molar-refractivity contribution in [2.24, 2.45) is 5.92 Å². The molecule has 0 heterocycles. The molecule has 176 valence electrons. The van der Waals surface area contributed by atoms with Crippen LogP contribution < -0.4 is 20.9 Å². The maximum atomic E-state index is 12.4. The fraction of sp³-hybridized carbons (Fsp3) is 0.423. The van der Waals surface area contributed by atoms with E-state index in [1.807, 2.05) is 25.1 Å². The number of aryl methyl sites for hydroxylation is 1. The Morgan fingerprint density at radius 3 is 2.33 bits per heavy atom. The number of carbonyl (C=O) groups excluding carboxylic acids is 3. The molecule has 0 unspecified atom stereocenters. The summed E-state index contributed by atoms with van der Waals surface area (Å²) in [6.07, 6.45) is 5.24. The molecule has 7 nitrogen and oxygen atoms in total. The van der Waals surface area contributed by atoms with Crippen molar-refractivity contribution >= 4 is 23.4 Å². The van der Waals surface area contributed by atoms with Gasteiger partial charge in [-0.05, 0) is 67.1 Å². The van der Waals surface area contributed by atoms with Crippen LogP contribution in [0.2, 0.25) is 0 Å². The summed E-state index contributed by atoms with van der Waals surface area (Å²) in [6, 6.07) is 12.5. The number of carbonyl (C=O) groups is 3. The fourth-order valence-corrected chi connectivity index (χ4v) is 3.94. The van der Waals surface area contributed by atoms with Gasteiger partial charge in [0, 0.05) is 17.2 Å². The van der Waals surface area contributed by atoms with Crippen LogP contribution in [0.5, 0.6) is 5.75 Å². The number of ether oxygens (including phenoxy) is 1. The summed E-state index contributed by atoms with van der Waals surface area (Å²) in [5.41, 5.74) is 7.85. The van der Waals surface area contributed by atoms with Crippen molar-refractivity contribution in [2.75, 3.05) is 11.9 Å². The van der Waals surface area contributed by atoms with Crippen molar-refractivity contribution in [2.45, 2.75) is 58.8 Å². The number of benzene rings is 2. The third-order valence-electron chi connectivity index (χ3n) is 5.86. The zero-order valence-electron chi connectivity index (χ0n) is 19.6. The molecular formula is C26H33N3O4. The molecule has 0 saturated heterocycles. The van der Waals surface area contributed by atoms with E-state index in [0.29, 0.717) is 17.0 Å². The molecule has 3 amide bonds. The second kappa shape index (κ2) is 11.5. The van der Waals surface area contributed by atoms with E-state index < -0.39 is 11.8 Å². The molecule has 3 rings (SSSR count). The van der Waals surface area contributed by atoms with E-state index in [1.165, 1.54) is 6.42 Å². The molecule has 1 aliphatic rings. The zero-order valence-corrected chi connectivity index (χ0v) is 19.6. The molecule has 0 aliphatic heterocycles. The van der Waals surface area contributed by atoms with Gasteiger partial charge in [0.25, 0.3) is 11.8 Å². The molecule has 0 aromatic heterocycles. The van der Waals surface area contributed by atoms with Crippen molar-refractivity contribution in [3.63, 3.8) is 0 Å². The number of hydrogen-bond acceptors (Lipinski definition) is 4. The van der Waals surface area contributed by atoms with E-state index in [0.717, 1.165) is 36.8 Å². The molecule has 1 saturated carbocycles. The highest BCUT2D eigenvalue weighted by atomic mass is 16.5. The van der Waals surface area contributed by atoms with E-state index in [4.69, 9.17) is 4.74 Å². The second-order valence-electron chi connectivity index (χ2n) is 8.89. The number of hydrazine groups is 1. The van der Waals surface area contributed by atoms with E-state index in [9.17, 15) is 14.4 Å². The lowest BCUT2D eigenvalue weighted by Gasteiger charge is -2.20. The number of anilines is 1. The van der Waals surface area contributed by atoms with Crippen molar-refractivity contribution in [1.82, 2.24) is 10.9 Å². The topological polar surface area (TPSA) is 96.5 Å². The molecule has 33 heavy (non-hydrogen) atoms. The summed E-state index contributed by atoms with van der Waals surface area (Å²) in [5.74, 6) is 0.114. The third-order valence-corrected chi connectivity index (χ3v) is 5.86. The minimum absolute atomic E-state index is 0.0356. The minimum Gasteiger partial charge on any atom is -0.483 e. The molecular weight excluding hydrogens is 418 g/mol. The lowest BCUT2D eigenvalue weighted by atomic mass is 9.88. The van der Waals surface area contributed by atoms with Gasteiger partial charge >= 0.3 is 0 Å². The van der Waals surface area contributed by atoms with Gasteiger partial charge in [-0.25, -0.2) is 0 Å². The minimum atomic E-state index is -0.462. The van der Waals surface area contributed by atoms with Crippen molar-refractivity contribution < 1.29 is 19.1 Å². The van der Waals surface area contributed by atoms with Gasteiger partial charge in [-0.15, -0.1) is 0 Å². The molecule has 7 heteroatoms. The fourth-order valence-electron chi connectivity index (χ4n) is 3.94. The Labute approximate surface area is 195 Å². The van der Waals surface area contributed by atoms with Crippen LogP contribution in [0.1, 0.15) is 73.4 Å². The highest BCUT2D eigenvalue weighted by Gasteiger charge is 2.21. The molecule has 0 radical (unpaired) electrons. The Hall–Kier alpha value is -3.35. The Morgan fingerprint density at radius 1 is 0.970 bits per heavy atom. The largest absolute Gasteiger partial charge is 0.483 e. The van der Waals surface area contributed by atoms with Crippen molar-refractivity contribution in [3.8, 4) is 5.75 Å². The zero-order chi connectivity index (χ0) is 23.8. The highest BCUT2D eigenvalue weighted by Crippen LogP contribution is 2.27. The first-order valence-corrected chi connectivity index (χ1v) is 11.6. The number of amides is 3. The van der Waals surface area contributed by atoms with Crippen LogP contribution in [-0.2, 0) is 9.59 Å². The number of rotatable bonds is 7. The SMILES string of the molecule is Cc1ccc(C(C)C)c(OCC(=O)NNC(=O)c2ccc(NC(=O)C3CCCCC3)cc2)c1. The van der Waals surface area contributed by atoms with E-state index in [-0.39, 0.29) is 24.3 Å². The molecule has 0 spiro atoms. The predicted molar refractivity (Wildman–Crippen MR) is 128 cm³/mol. The quantitative estimate of drug-likeness (QED) is 0.541. The van der Waals surface area contributed by atoms with Gasteiger partial charge < -0.3 is 10.1 Å². The molecule has 1 fully saturated rings. The molecule has 0 bridgehead atoms. The van der Waals surface area contributed by atoms with Crippen LogP contribution in [0.3, 0.4) is 0 Å². The van der Waals surface area contributed by atoms with E-state index >= 15 is 0 Å². The second-order valence-corrected chi connectivity index (χ2v) is 8.89. The average Bonchev–Trinajstić information content (AvgIpc) is 2.82. The monoisotopic (exact) mass is 451 g/mol. The van der Waals surface area contributed by atoms with Crippen LogP contribution in [0.25, 0.3) is 0 Å². The molecule has 1 aliphatic carbocycles. The van der Waals surface area contributed by atoms with Gasteiger partial charge in [0.1, 0.15) is 5.75 Å². The Balaban J connectivity index is 1.46. The van der Waals surface area contributed by atoms with Crippen LogP contribution in [0.4, 0.5) is 5.69 Å². The lowest BCUT2D eigenvalue weighted by molar-refractivity contribution is -0.124. The number of nitrogens with one attached hydrogen (secondary N) is 3. The van der Waals surface area contributed by atoms with Crippen molar-refractivity contribution in [1.29, 1.82) is 0 Å². The first-order valence-electron chi connectivity index (χ1n) is 11.6. The smallest absolute Gasteiger partial charge is 0.276 e. The summed E-state index contributed by atoms with van der Waals surface area (Å²) in [4.78, 5) is 36.8. The Kier molecular flexibility index (Phi) is 8.46. The van der Waals surface area contributed by atoms with Crippen molar-refractivity contribution in [3.05, 3.63) is 59.2 Å². The average molecular weight is 452 g/mol. The van der Waals surface area contributed by atoms with Crippen LogP contribution in [-0.4, -0.2) is 24.3 Å². The van der Waals surface area contributed by atoms with Crippen LogP contribution in [0.15, 0.2) is 42.5 Å². The van der Waals surface area contributed by atoms with E-state index in [1.54, 1.807) is 24.3 Å². The van der Waals surface area contributed by atoms with Gasteiger partial charge in [0.15, 0.2) is 6.61 Å². The summed E-state index contributed by atoms with van der Waals surface area (Å²) in [5, 5.41) is 2.92.